The van der Waals surface area contributed by atoms with E-state index in [1.54, 1.807) is 12.0 Å². The molecule has 4 rings (SSSR count). The van der Waals surface area contributed by atoms with Gasteiger partial charge in [-0.2, -0.15) is 0 Å². The van der Waals surface area contributed by atoms with Gasteiger partial charge >= 0.3 is 0 Å². The molecule has 1 aliphatic rings. The molecule has 1 saturated heterocycles. The standard InChI is InChI=1S/C23H20BrN3O2S/c1-3-26-22(28)21(30-23(26)25-17-9-11-20(29-2)12-10-17)15-19-8-5-13-27(19)18-7-4-6-16(24)14-18/h4-15H,3H2,1-2H3/b21-15+,25-23?. The van der Waals surface area contributed by atoms with Crippen LogP contribution in [0.4, 0.5) is 5.69 Å². The molecule has 0 atom stereocenters. The number of nitrogens with zero attached hydrogens (tertiary/aromatic N) is 3. The van der Waals surface area contributed by atoms with Crippen LogP contribution in [0.1, 0.15) is 12.6 Å². The van der Waals surface area contributed by atoms with Crippen LogP contribution in [0.25, 0.3) is 11.8 Å². The zero-order chi connectivity index (χ0) is 21.1. The third-order valence-corrected chi connectivity index (χ3v) is 6.15. The summed E-state index contributed by atoms with van der Waals surface area (Å²) in [5.74, 6) is 0.743. The Morgan fingerprint density at radius 3 is 2.63 bits per heavy atom. The van der Waals surface area contributed by atoms with Gasteiger partial charge in [0.15, 0.2) is 5.17 Å². The molecule has 0 N–H and O–H groups in total. The number of ether oxygens (including phenoxy) is 1. The van der Waals surface area contributed by atoms with E-state index in [-0.39, 0.29) is 5.91 Å². The largest absolute Gasteiger partial charge is 0.497 e. The number of hydrogen-bond acceptors (Lipinski definition) is 4. The number of likely N-dealkylation sites (N-methyl/N-ethyl adjacent to an activating group) is 1. The summed E-state index contributed by atoms with van der Waals surface area (Å²) in [4.78, 5) is 20.0. The molecule has 0 spiro atoms. The predicted molar refractivity (Wildman–Crippen MR) is 127 cm³/mol. The van der Waals surface area contributed by atoms with Crippen LogP contribution in [0.15, 0.2) is 81.2 Å². The Bertz CT molecular complexity index is 1140. The van der Waals surface area contributed by atoms with E-state index in [2.05, 4.69) is 25.5 Å². The van der Waals surface area contributed by atoms with E-state index in [1.165, 1.54) is 11.8 Å². The van der Waals surface area contributed by atoms with Gasteiger partial charge in [-0.05, 0) is 79.4 Å². The zero-order valence-corrected chi connectivity index (χ0v) is 19.0. The Kier molecular flexibility index (Phi) is 6.11. The van der Waals surface area contributed by atoms with Crippen molar-refractivity contribution in [2.24, 2.45) is 4.99 Å². The van der Waals surface area contributed by atoms with Gasteiger partial charge in [0, 0.05) is 28.6 Å². The second-order valence-electron chi connectivity index (χ2n) is 6.54. The number of aliphatic imine (C=N–C) groups is 1. The van der Waals surface area contributed by atoms with Crippen molar-refractivity contribution in [1.29, 1.82) is 0 Å². The molecule has 0 radical (unpaired) electrons. The van der Waals surface area contributed by atoms with Gasteiger partial charge in [-0.1, -0.05) is 22.0 Å². The predicted octanol–water partition coefficient (Wildman–Crippen LogP) is 5.87. The number of carbonyl (C=O) groups excluding carboxylic acids is 1. The molecule has 0 bridgehead atoms. The van der Waals surface area contributed by atoms with Crippen LogP contribution < -0.4 is 4.74 Å². The van der Waals surface area contributed by atoms with Crippen molar-refractivity contribution in [2.75, 3.05) is 13.7 Å². The molecule has 30 heavy (non-hydrogen) atoms. The van der Waals surface area contributed by atoms with Crippen LogP contribution in [0, 0.1) is 0 Å². The Balaban J connectivity index is 1.66. The highest BCUT2D eigenvalue weighted by atomic mass is 79.9. The number of carbonyl (C=O) groups is 1. The molecule has 7 heteroatoms. The van der Waals surface area contributed by atoms with E-state index in [0.717, 1.165) is 27.3 Å². The maximum Gasteiger partial charge on any atom is 0.266 e. The molecule has 2 aromatic carbocycles. The fourth-order valence-corrected chi connectivity index (χ4v) is 4.58. The normalized spacial score (nSPS) is 16.6. The third-order valence-electron chi connectivity index (χ3n) is 4.65. The van der Waals surface area contributed by atoms with Gasteiger partial charge in [-0.15, -0.1) is 0 Å². The fraction of sp³-hybridized carbons (Fsp3) is 0.130. The molecule has 1 fully saturated rings. The number of benzene rings is 2. The van der Waals surface area contributed by atoms with Gasteiger partial charge in [-0.3, -0.25) is 9.69 Å². The summed E-state index contributed by atoms with van der Waals surface area (Å²) >= 11 is 4.91. The molecule has 1 amide bonds. The molecule has 0 saturated carbocycles. The average Bonchev–Trinajstić information content (AvgIpc) is 3.33. The van der Waals surface area contributed by atoms with Crippen LogP contribution in [0.5, 0.6) is 5.75 Å². The third kappa shape index (κ3) is 4.22. The van der Waals surface area contributed by atoms with Crippen LogP contribution in [0.2, 0.25) is 0 Å². The lowest BCUT2D eigenvalue weighted by molar-refractivity contribution is -0.122. The van der Waals surface area contributed by atoms with Crippen molar-refractivity contribution in [1.82, 2.24) is 9.47 Å². The van der Waals surface area contributed by atoms with Crippen LogP contribution >= 0.6 is 27.7 Å². The SMILES string of the molecule is CCN1C(=O)/C(=C\c2cccn2-c2cccc(Br)c2)SC1=Nc1ccc(OC)cc1. The lowest BCUT2D eigenvalue weighted by atomic mass is 10.3. The quantitative estimate of drug-likeness (QED) is 0.428. The Morgan fingerprint density at radius 1 is 1.13 bits per heavy atom. The van der Waals surface area contributed by atoms with E-state index in [1.807, 2.05) is 79.9 Å². The van der Waals surface area contributed by atoms with Crippen LogP contribution in [-0.2, 0) is 4.79 Å². The second-order valence-corrected chi connectivity index (χ2v) is 8.46. The van der Waals surface area contributed by atoms with E-state index in [4.69, 9.17) is 4.74 Å². The van der Waals surface area contributed by atoms with E-state index in [0.29, 0.717) is 16.6 Å². The van der Waals surface area contributed by atoms with Gasteiger partial charge in [0.25, 0.3) is 5.91 Å². The summed E-state index contributed by atoms with van der Waals surface area (Å²) in [6.45, 7) is 2.51. The van der Waals surface area contributed by atoms with Crippen LogP contribution in [-0.4, -0.2) is 34.2 Å². The van der Waals surface area contributed by atoms with Crippen molar-refractivity contribution in [3.8, 4) is 11.4 Å². The highest BCUT2D eigenvalue weighted by Crippen LogP contribution is 2.34. The van der Waals surface area contributed by atoms with Gasteiger partial charge in [0.2, 0.25) is 0 Å². The van der Waals surface area contributed by atoms with E-state index < -0.39 is 0 Å². The minimum atomic E-state index is -0.0308. The summed E-state index contributed by atoms with van der Waals surface area (Å²) in [5, 5.41) is 0.680. The molecular formula is C23H20BrN3O2S. The summed E-state index contributed by atoms with van der Waals surface area (Å²) in [7, 11) is 1.63. The van der Waals surface area contributed by atoms with E-state index >= 15 is 0 Å². The Hall–Kier alpha value is -2.77. The monoisotopic (exact) mass is 481 g/mol. The van der Waals surface area contributed by atoms with Crippen molar-refractivity contribution < 1.29 is 9.53 Å². The van der Waals surface area contributed by atoms with Crippen molar-refractivity contribution in [3.63, 3.8) is 0 Å². The number of rotatable bonds is 5. The molecule has 5 nitrogen and oxygen atoms in total. The Morgan fingerprint density at radius 2 is 1.93 bits per heavy atom. The fourth-order valence-electron chi connectivity index (χ4n) is 3.14. The first-order valence-corrected chi connectivity index (χ1v) is 11.1. The summed E-state index contributed by atoms with van der Waals surface area (Å²) in [5.41, 5.74) is 2.74. The smallest absolute Gasteiger partial charge is 0.266 e. The molecule has 1 aromatic heterocycles. The number of halogens is 1. The molecule has 3 aromatic rings. The first-order chi connectivity index (χ1) is 14.6. The number of amidine groups is 1. The molecule has 0 unspecified atom stereocenters. The molecular weight excluding hydrogens is 462 g/mol. The zero-order valence-electron chi connectivity index (χ0n) is 16.6. The Labute approximate surface area is 188 Å². The minimum Gasteiger partial charge on any atom is -0.497 e. The highest BCUT2D eigenvalue weighted by Gasteiger charge is 2.32. The maximum absolute atomic E-state index is 13.0. The lowest BCUT2D eigenvalue weighted by Crippen LogP contribution is -2.28. The maximum atomic E-state index is 13.0. The number of amides is 1. The number of hydrogen-bond donors (Lipinski definition) is 0. The summed E-state index contributed by atoms with van der Waals surface area (Å²) in [6.07, 6.45) is 3.91. The lowest BCUT2D eigenvalue weighted by Gasteiger charge is -2.12. The number of methoxy groups -OCH3 is 1. The molecule has 152 valence electrons. The van der Waals surface area contributed by atoms with Gasteiger partial charge < -0.3 is 9.30 Å². The highest BCUT2D eigenvalue weighted by molar-refractivity contribution is 9.10. The topological polar surface area (TPSA) is 46.8 Å². The van der Waals surface area contributed by atoms with Crippen LogP contribution in [0.3, 0.4) is 0 Å². The van der Waals surface area contributed by atoms with Crippen molar-refractivity contribution >= 4 is 50.5 Å². The average molecular weight is 482 g/mol. The van der Waals surface area contributed by atoms with Crippen molar-refractivity contribution in [3.05, 3.63) is 81.9 Å². The van der Waals surface area contributed by atoms with Gasteiger partial charge in [0.05, 0.1) is 17.7 Å². The van der Waals surface area contributed by atoms with Gasteiger partial charge in [-0.25, -0.2) is 4.99 Å². The summed E-state index contributed by atoms with van der Waals surface area (Å²) < 4.78 is 8.26. The van der Waals surface area contributed by atoms with E-state index in [9.17, 15) is 4.79 Å². The van der Waals surface area contributed by atoms with Gasteiger partial charge in [0.1, 0.15) is 5.75 Å². The number of aromatic nitrogens is 1. The molecule has 0 aliphatic carbocycles. The molecule has 1 aliphatic heterocycles. The minimum absolute atomic E-state index is 0.0308. The number of thioether (sulfide) groups is 1. The first-order valence-electron chi connectivity index (χ1n) is 9.46. The summed E-state index contributed by atoms with van der Waals surface area (Å²) in [6, 6.07) is 19.5. The molecule has 2 heterocycles. The second kappa shape index (κ2) is 8.93. The van der Waals surface area contributed by atoms with Crippen molar-refractivity contribution in [2.45, 2.75) is 6.92 Å². The first kappa shape index (κ1) is 20.5.